The van der Waals surface area contributed by atoms with E-state index in [1.165, 1.54) is 0 Å². The topological polar surface area (TPSA) is 165 Å². The number of sulfonamides is 1. The van der Waals surface area contributed by atoms with Crippen molar-refractivity contribution in [3.63, 3.8) is 0 Å². The van der Waals surface area contributed by atoms with Crippen molar-refractivity contribution in [2.75, 3.05) is 18.4 Å². The quantitative estimate of drug-likeness (QED) is 0.516. The molecule has 0 radical (unpaired) electrons. The number of amides is 1. The molecule has 2 aliphatic rings. The molecule has 0 bridgehead atoms. The van der Waals surface area contributed by atoms with E-state index >= 15 is 0 Å². The smallest absolute Gasteiger partial charge is 0.296 e. The predicted molar refractivity (Wildman–Crippen MR) is 113 cm³/mol. The number of rotatable bonds is 4. The lowest BCUT2D eigenvalue weighted by Gasteiger charge is -2.45. The van der Waals surface area contributed by atoms with E-state index in [2.05, 4.69) is 10.6 Å². The van der Waals surface area contributed by atoms with E-state index in [4.69, 9.17) is 0 Å². The lowest BCUT2D eigenvalue weighted by molar-refractivity contribution is -0.396. The van der Waals surface area contributed by atoms with Crippen LogP contribution in [-0.2, 0) is 10.0 Å². The van der Waals surface area contributed by atoms with Crippen molar-refractivity contribution in [3.05, 3.63) is 67.8 Å². The summed E-state index contributed by atoms with van der Waals surface area (Å²) in [7, 11) is -4.29. The molecule has 0 aromatic heterocycles. The SMILES string of the molecule is Cc1cccc2c1NC1(CCN(S(=O)(=O)c3ccc([N+](=O)[O-])cc3[N+](=O)[O-])CC1)NC2=O. The van der Waals surface area contributed by atoms with Crippen LogP contribution in [0.1, 0.15) is 28.8 Å². The van der Waals surface area contributed by atoms with Gasteiger partial charge in [0.05, 0.1) is 27.2 Å². The van der Waals surface area contributed by atoms with Crippen molar-refractivity contribution in [2.45, 2.75) is 30.3 Å². The minimum Gasteiger partial charge on any atom is -0.362 e. The molecule has 12 nitrogen and oxygen atoms in total. The highest BCUT2D eigenvalue weighted by molar-refractivity contribution is 7.89. The highest BCUT2D eigenvalue weighted by Gasteiger charge is 2.44. The van der Waals surface area contributed by atoms with Gasteiger partial charge in [-0.15, -0.1) is 0 Å². The Morgan fingerprint density at radius 1 is 1.03 bits per heavy atom. The fourth-order valence-corrected chi connectivity index (χ4v) is 5.63. The molecule has 1 saturated heterocycles. The molecular weight excluding hydrogens is 442 g/mol. The molecule has 4 rings (SSSR count). The molecule has 168 valence electrons. The fraction of sp³-hybridized carbons (Fsp3) is 0.316. The Hall–Kier alpha value is -3.58. The number of carbonyl (C=O) groups is 1. The van der Waals surface area contributed by atoms with Crippen LogP contribution in [0.3, 0.4) is 0 Å². The van der Waals surface area contributed by atoms with E-state index < -0.39 is 41.8 Å². The van der Waals surface area contributed by atoms with Crippen molar-refractivity contribution in [3.8, 4) is 0 Å². The Balaban J connectivity index is 1.60. The van der Waals surface area contributed by atoms with Crippen molar-refractivity contribution in [2.24, 2.45) is 0 Å². The van der Waals surface area contributed by atoms with Gasteiger partial charge in [0.15, 0.2) is 4.90 Å². The Bertz CT molecular complexity index is 1250. The number of fused-ring (bicyclic) bond motifs is 1. The summed E-state index contributed by atoms with van der Waals surface area (Å²) in [6.45, 7) is 1.85. The highest BCUT2D eigenvalue weighted by atomic mass is 32.2. The van der Waals surface area contributed by atoms with Gasteiger partial charge in [-0.1, -0.05) is 12.1 Å². The maximum absolute atomic E-state index is 13.1. The van der Waals surface area contributed by atoms with Crippen LogP contribution in [0.4, 0.5) is 17.1 Å². The number of aryl methyl sites for hydroxylation is 1. The third-order valence-corrected chi connectivity index (χ3v) is 7.72. The Kier molecular flexibility index (Phi) is 5.09. The molecule has 0 saturated carbocycles. The minimum absolute atomic E-state index is 0.00896. The maximum atomic E-state index is 13.1. The summed E-state index contributed by atoms with van der Waals surface area (Å²) in [5.41, 5.74) is -0.188. The van der Waals surface area contributed by atoms with Crippen LogP contribution in [0.25, 0.3) is 0 Å². The molecule has 0 atom stereocenters. The van der Waals surface area contributed by atoms with E-state index in [-0.39, 0.29) is 31.8 Å². The number of piperidine rings is 1. The molecule has 13 heteroatoms. The maximum Gasteiger partial charge on any atom is 0.296 e. The van der Waals surface area contributed by atoms with E-state index in [1.807, 2.05) is 13.0 Å². The monoisotopic (exact) mass is 461 g/mol. The van der Waals surface area contributed by atoms with Gasteiger partial charge in [-0.25, -0.2) is 8.42 Å². The largest absolute Gasteiger partial charge is 0.362 e. The Morgan fingerprint density at radius 3 is 2.34 bits per heavy atom. The lowest BCUT2D eigenvalue weighted by Crippen LogP contribution is -2.62. The summed E-state index contributed by atoms with van der Waals surface area (Å²) in [4.78, 5) is 32.5. The molecule has 2 aliphatic heterocycles. The first kappa shape index (κ1) is 21.6. The number of non-ortho nitro benzene ring substituents is 1. The normalized spacial score (nSPS) is 17.8. The number of carbonyl (C=O) groups excluding carboxylic acids is 1. The number of hydrogen-bond acceptors (Lipinski definition) is 8. The first-order valence-corrected chi connectivity index (χ1v) is 11.1. The van der Waals surface area contributed by atoms with Crippen LogP contribution >= 0.6 is 0 Å². The second-order valence-electron chi connectivity index (χ2n) is 7.73. The van der Waals surface area contributed by atoms with E-state index in [1.54, 1.807) is 12.1 Å². The van der Waals surface area contributed by atoms with Gasteiger partial charge < -0.3 is 10.6 Å². The number of nitrogens with one attached hydrogen (secondary N) is 2. The van der Waals surface area contributed by atoms with Gasteiger partial charge in [0.25, 0.3) is 17.3 Å². The zero-order chi connectivity index (χ0) is 23.3. The molecule has 2 heterocycles. The van der Waals surface area contributed by atoms with Gasteiger partial charge in [0, 0.05) is 32.0 Å². The van der Waals surface area contributed by atoms with Gasteiger partial charge in [0.1, 0.15) is 5.66 Å². The van der Waals surface area contributed by atoms with Gasteiger partial charge >= 0.3 is 0 Å². The van der Waals surface area contributed by atoms with Crippen molar-refractivity contribution >= 4 is 33.0 Å². The summed E-state index contributed by atoms with van der Waals surface area (Å²) in [6, 6.07) is 7.79. The first-order valence-electron chi connectivity index (χ1n) is 9.67. The molecule has 2 N–H and O–H groups in total. The van der Waals surface area contributed by atoms with Gasteiger partial charge in [-0.3, -0.25) is 25.0 Å². The van der Waals surface area contributed by atoms with Crippen molar-refractivity contribution < 1.29 is 23.1 Å². The molecule has 2 aromatic carbocycles. The lowest BCUT2D eigenvalue weighted by atomic mass is 9.92. The minimum atomic E-state index is -4.29. The highest BCUT2D eigenvalue weighted by Crippen LogP contribution is 2.36. The van der Waals surface area contributed by atoms with Crippen LogP contribution in [-0.4, -0.2) is 47.2 Å². The molecule has 2 aromatic rings. The van der Waals surface area contributed by atoms with Crippen LogP contribution < -0.4 is 10.6 Å². The van der Waals surface area contributed by atoms with Crippen LogP contribution in [0, 0.1) is 27.2 Å². The van der Waals surface area contributed by atoms with E-state index in [0.29, 0.717) is 17.3 Å². The number of nitro groups is 2. The third kappa shape index (κ3) is 3.54. The molecule has 1 spiro atoms. The Labute approximate surface area is 182 Å². The van der Waals surface area contributed by atoms with Crippen molar-refractivity contribution in [1.29, 1.82) is 0 Å². The summed E-state index contributed by atoms with van der Waals surface area (Å²) in [5, 5.41) is 28.6. The van der Waals surface area contributed by atoms with Gasteiger partial charge in [0.2, 0.25) is 10.0 Å². The summed E-state index contributed by atoms with van der Waals surface area (Å²) in [6.07, 6.45) is 0.457. The number of anilines is 1. The second kappa shape index (κ2) is 7.53. The number of hydrogen-bond donors (Lipinski definition) is 2. The molecule has 1 amide bonds. The standard InChI is InChI=1S/C19H19N5O7S/c1-12-3-2-4-14-17(12)20-19(21-18(14)25)7-9-22(10-8-19)32(30,31)16-6-5-13(23(26)27)11-15(16)24(28)29/h2-6,11,20H,7-10H2,1H3,(H,21,25). The summed E-state index contributed by atoms with van der Waals surface area (Å²) in [5.74, 6) is -0.259. The summed E-state index contributed by atoms with van der Waals surface area (Å²) < 4.78 is 27.3. The van der Waals surface area contributed by atoms with Crippen LogP contribution in [0.5, 0.6) is 0 Å². The Morgan fingerprint density at radius 2 is 1.72 bits per heavy atom. The number of benzene rings is 2. The van der Waals surface area contributed by atoms with Crippen LogP contribution in [0.2, 0.25) is 0 Å². The zero-order valence-corrected chi connectivity index (χ0v) is 17.7. The van der Waals surface area contributed by atoms with E-state index in [0.717, 1.165) is 22.0 Å². The number of nitrogens with zero attached hydrogens (tertiary/aromatic N) is 3. The number of nitro benzene ring substituents is 2. The third-order valence-electron chi connectivity index (χ3n) is 5.78. The number of para-hydroxylation sites is 1. The van der Waals surface area contributed by atoms with E-state index in [9.17, 15) is 33.4 Å². The van der Waals surface area contributed by atoms with Gasteiger partial charge in [-0.05, 0) is 24.6 Å². The molecule has 0 aliphatic carbocycles. The zero-order valence-electron chi connectivity index (χ0n) is 16.9. The van der Waals surface area contributed by atoms with Crippen molar-refractivity contribution in [1.82, 2.24) is 9.62 Å². The first-order chi connectivity index (χ1) is 15.0. The average Bonchev–Trinajstić information content (AvgIpc) is 2.74. The van der Waals surface area contributed by atoms with Gasteiger partial charge in [-0.2, -0.15) is 4.31 Å². The molecule has 32 heavy (non-hydrogen) atoms. The molecular formula is C19H19N5O7S. The second-order valence-corrected chi connectivity index (χ2v) is 9.64. The fourth-order valence-electron chi connectivity index (χ4n) is 4.06. The average molecular weight is 461 g/mol. The molecule has 0 unspecified atom stereocenters. The summed E-state index contributed by atoms with van der Waals surface area (Å²) >= 11 is 0. The molecule has 1 fully saturated rings. The predicted octanol–water partition coefficient (Wildman–Crippen LogP) is 2.15. The van der Waals surface area contributed by atoms with Crippen LogP contribution in [0.15, 0.2) is 41.3 Å².